The molecule has 27 heavy (non-hydrogen) atoms. The molecule has 0 fully saturated rings. The predicted molar refractivity (Wildman–Crippen MR) is 116 cm³/mol. The molecule has 0 amide bonds. The van der Waals surface area contributed by atoms with Gasteiger partial charge in [-0.25, -0.2) is 0 Å². The zero-order chi connectivity index (χ0) is 19.8. The third-order valence-corrected chi connectivity index (χ3v) is 4.53. The van der Waals surface area contributed by atoms with Crippen LogP contribution in [0, 0.1) is 35.5 Å². The van der Waals surface area contributed by atoms with Gasteiger partial charge < -0.3 is 10.2 Å². The quantitative estimate of drug-likeness (QED) is 0.290. The maximum Gasteiger partial charge on any atom is 0.115 e. The van der Waals surface area contributed by atoms with Gasteiger partial charge >= 0.3 is 0 Å². The van der Waals surface area contributed by atoms with Gasteiger partial charge in [0, 0.05) is 12.8 Å². The van der Waals surface area contributed by atoms with Gasteiger partial charge in [-0.3, -0.25) is 0 Å². The monoisotopic (exact) mass is 372 g/mol. The van der Waals surface area contributed by atoms with Gasteiger partial charge in [0.2, 0.25) is 0 Å². The maximum atomic E-state index is 9.66. The highest BCUT2D eigenvalue weighted by Crippen LogP contribution is 2.10. The summed E-state index contributed by atoms with van der Waals surface area (Å²) in [5, 5.41) is 18.1. The fraction of sp³-hybridized carbons (Fsp3) is 0.760. The van der Waals surface area contributed by atoms with Crippen LogP contribution in [0.15, 0.2) is 0 Å². The Balaban J connectivity index is 3.29. The van der Waals surface area contributed by atoms with Crippen molar-refractivity contribution in [1.29, 1.82) is 0 Å². The van der Waals surface area contributed by atoms with Gasteiger partial charge in [0.25, 0.3) is 0 Å². The Morgan fingerprint density at radius 2 is 1.15 bits per heavy atom. The third kappa shape index (κ3) is 22.6. The van der Waals surface area contributed by atoms with Crippen LogP contribution in [0.5, 0.6) is 0 Å². The van der Waals surface area contributed by atoms with Crippen molar-refractivity contribution in [2.75, 3.05) is 6.61 Å². The molecule has 1 atom stereocenters. The van der Waals surface area contributed by atoms with Crippen LogP contribution in [0.2, 0.25) is 0 Å². The highest BCUT2D eigenvalue weighted by Gasteiger charge is 1.98. The maximum absolute atomic E-state index is 9.66. The van der Waals surface area contributed by atoms with Gasteiger partial charge in [0.15, 0.2) is 0 Å². The SMILES string of the molecule is CCCCCCCCC#CCCCCCCCCC[C@@H](O)C#CC#CCO. The van der Waals surface area contributed by atoms with Gasteiger partial charge in [0.05, 0.1) is 0 Å². The average Bonchev–Trinajstić information content (AvgIpc) is 2.67. The Labute approximate surface area is 168 Å². The van der Waals surface area contributed by atoms with E-state index in [1.807, 2.05) is 0 Å². The summed E-state index contributed by atoms with van der Waals surface area (Å²) in [5.74, 6) is 16.8. The predicted octanol–water partition coefficient (Wildman–Crippen LogP) is 5.61. The van der Waals surface area contributed by atoms with Crippen LogP contribution in [-0.2, 0) is 0 Å². The van der Waals surface area contributed by atoms with Crippen molar-refractivity contribution in [2.45, 2.75) is 116 Å². The van der Waals surface area contributed by atoms with E-state index in [0.29, 0.717) is 6.42 Å². The van der Waals surface area contributed by atoms with E-state index in [1.165, 1.54) is 70.6 Å². The molecule has 0 aromatic carbocycles. The summed E-state index contributed by atoms with van der Waals surface area (Å²) in [4.78, 5) is 0. The molecule has 0 bridgehead atoms. The Morgan fingerprint density at radius 1 is 0.630 bits per heavy atom. The molecule has 0 rings (SSSR count). The molecule has 0 heterocycles. The van der Waals surface area contributed by atoms with Crippen LogP contribution < -0.4 is 0 Å². The average molecular weight is 373 g/mol. The molecule has 0 aliphatic rings. The van der Waals surface area contributed by atoms with Gasteiger partial charge in [-0.1, -0.05) is 83.0 Å². The molecule has 0 aromatic heterocycles. The molecule has 0 spiro atoms. The van der Waals surface area contributed by atoms with Crippen LogP contribution >= 0.6 is 0 Å². The number of hydrogen-bond acceptors (Lipinski definition) is 2. The zero-order valence-electron chi connectivity index (χ0n) is 17.5. The molecule has 0 aliphatic heterocycles. The van der Waals surface area contributed by atoms with Crippen LogP contribution in [-0.4, -0.2) is 22.9 Å². The Kier molecular flexibility index (Phi) is 21.5. The van der Waals surface area contributed by atoms with Gasteiger partial charge in [-0.05, 0) is 37.5 Å². The Morgan fingerprint density at radius 3 is 1.70 bits per heavy atom. The lowest BCUT2D eigenvalue weighted by molar-refractivity contribution is 0.217. The number of rotatable bonds is 15. The van der Waals surface area contributed by atoms with E-state index in [9.17, 15) is 5.11 Å². The Hall–Kier alpha value is -1.40. The minimum absolute atomic E-state index is 0.184. The second-order valence-electron chi connectivity index (χ2n) is 7.13. The van der Waals surface area contributed by atoms with Crippen LogP contribution in [0.25, 0.3) is 0 Å². The van der Waals surface area contributed by atoms with Gasteiger partial charge in [0.1, 0.15) is 12.7 Å². The number of unbranched alkanes of at least 4 members (excludes halogenated alkanes) is 13. The first kappa shape index (κ1) is 25.6. The number of hydrogen-bond donors (Lipinski definition) is 2. The molecule has 0 saturated carbocycles. The second-order valence-corrected chi connectivity index (χ2v) is 7.13. The van der Waals surface area contributed by atoms with Crippen molar-refractivity contribution >= 4 is 0 Å². The summed E-state index contributed by atoms with van der Waals surface area (Å²) >= 11 is 0. The molecule has 0 unspecified atom stereocenters. The topological polar surface area (TPSA) is 40.5 Å². The van der Waals surface area contributed by atoms with Gasteiger partial charge in [-0.15, -0.1) is 11.8 Å². The summed E-state index contributed by atoms with van der Waals surface area (Å²) in [6, 6.07) is 0. The fourth-order valence-electron chi connectivity index (χ4n) is 2.88. The summed E-state index contributed by atoms with van der Waals surface area (Å²) in [6.07, 6.45) is 18.8. The van der Waals surface area contributed by atoms with E-state index < -0.39 is 6.10 Å². The van der Waals surface area contributed by atoms with Crippen molar-refractivity contribution in [3.63, 3.8) is 0 Å². The molecule has 2 heteroatoms. The van der Waals surface area contributed by atoms with E-state index in [2.05, 4.69) is 42.4 Å². The van der Waals surface area contributed by atoms with Crippen molar-refractivity contribution in [1.82, 2.24) is 0 Å². The lowest BCUT2D eigenvalue weighted by atomic mass is 10.1. The standard InChI is InChI=1S/C25H40O2/c1-2-3-4-5-6-7-8-9-10-11-12-13-14-15-16-17-19-22-25(27)23-20-18-21-24-26/h25-27H,2-8,11-17,19,22,24H2,1H3/t25-/m1/s1. The molecule has 0 aromatic rings. The molecular weight excluding hydrogens is 332 g/mol. The first-order chi connectivity index (χ1) is 13.3. The summed E-state index contributed by atoms with van der Waals surface area (Å²) in [5.41, 5.74) is 0. The van der Waals surface area contributed by atoms with Crippen molar-refractivity contribution in [2.24, 2.45) is 0 Å². The molecule has 0 saturated heterocycles. The van der Waals surface area contributed by atoms with E-state index >= 15 is 0 Å². The summed E-state index contributed by atoms with van der Waals surface area (Å²) in [6.45, 7) is 2.07. The fourth-order valence-corrected chi connectivity index (χ4v) is 2.88. The summed E-state index contributed by atoms with van der Waals surface area (Å²) in [7, 11) is 0. The smallest absolute Gasteiger partial charge is 0.115 e. The largest absolute Gasteiger partial charge is 0.384 e. The summed E-state index contributed by atoms with van der Waals surface area (Å²) < 4.78 is 0. The number of aliphatic hydroxyl groups is 2. The van der Waals surface area contributed by atoms with Crippen molar-refractivity contribution in [3.8, 4) is 35.5 Å². The second kappa shape index (κ2) is 22.6. The first-order valence-electron chi connectivity index (χ1n) is 11.0. The highest BCUT2D eigenvalue weighted by molar-refractivity contribution is 5.27. The van der Waals surface area contributed by atoms with Crippen molar-refractivity contribution < 1.29 is 10.2 Å². The molecule has 2 nitrogen and oxygen atoms in total. The molecule has 0 radical (unpaired) electrons. The van der Waals surface area contributed by atoms with E-state index in [-0.39, 0.29) is 6.61 Å². The van der Waals surface area contributed by atoms with Crippen LogP contribution in [0.4, 0.5) is 0 Å². The normalized spacial score (nSPS) is 10.8. The van der Waals surface area contributed by atoms with E-state index in [1.54, 1.807) is 0 Å². The molecule has 0 aliphatic carbocycles. The van der Waals surface area contributed by atoms with Crippen molar-refractivity contribution in [3.05, 3.63) is 0 Å². The Bertz CT molecular complexity index is 490. The third-order valence-electron chi connectivity index (χ3n) is 4.53. The van der Waals surface area contributed by atoms with Crippen LogP contribution in [0.1, 0.15) is 110 Å². The molecule has 2 N–H and O–H groups in total. The highest BCUT2D eigenvalue weighted by atomic mass is 16.3. The molecule has 152 valence electrons. The minimum Gasteiger partial charge on any atom is -0.384 e. The van der Waals surface area contributed by atoms with E-state index in [0.717, 1.165) is 25.7 Å². The van der Waals surface area contributed by atoms with Gasteiger partial charge in [-0.2, -0.15) is 0 Å². The first-order valence-corrected chi connectivity index (χ1v) is 11.0. The minimum atomic E-state index is -0.590. The lowest BCUT2D eigenvalue weighted by Crippen LogP contribution is -2.01. The lowest BCUT2D eigenvalue weighted by Gasteiger charge is -2.03. The number of aliphatic hydroxyl groups excluding tert-OH is 2. The molecular formula is C25H40O2. The van der Waals surface area contributed by atoms with Crippen LogP contribution in [0.3, 0.4) is 0 Å². The zero-order valence-corrected chi connectivity index (χ0v) is 17.5. The van der Waals surface area contributed by atoms with E-state index in [4.69, 9.17) is 5.11 Å².